The van der Waals surface area contributed by atoms with Crippen LogP contribution in [0.15, 0.2) is 77.2 Å². The second-order valence-electron chi connectivity index (χ2n) is 7.33. The van der Waals surface area contributed by atoms with E-state index in [4.69, 9.17) is 13.7 Å². The third-order valence-corrected chi connectivity index (χ3v) is 6.15. The zero-order chi connectivity index (χ0) is 27.0. The number of para-hydroxylation sites is 1. The Labute approximate surface area is 213 Å². The summed E-state index contributed by atoms with van der Waals surface area (Å²) in [6, 6.07) is 17.4. The molecular formula is C26H22N2O8S. The maximum atomic E-state index is 12.7. The lowest BCUT2D eigenvalue weighted by Crippen LogP contribution is -2.16. The van der Waals surface area contributed by atoms with Gasteiger partial charge in [0.05, 0.1) is 25.0 Å². The van der Waals surface area contributed by atoms with E-state index in [-0.39, 0.29) is 39.8 Å². The Hall–Kier alpha value is -4.82. The Morgan fingerprint density at radius 2 is 1.76 bits per heavy atom. The number of methoxy groups -OCH3 is 1. The lowest BCUT2D eigenvalue weighted by atomic mass is 10.1. The van der Waals surface area contributed by atoms with Gasteiger partial charge in [-0.05, 0) is 67.1 Å². The molecule has 0 radical (unpaired) electrons. The van der Waals surface area contributed by atoms with Crippen molar-refractivity contribution in [3.63, 3.8) is 0 Å². The summed E-state index contributed by atoms with van der Waals surface area (Å²) in [5, 5.41) is 21.2. The number of carbonyl (C=O) groups excluding carboxylic acids is 1. The molecule has 11 heteroatoms. The number of benzene rings is 3. The van der Waals surface area contributed by atoms with Crippen LogP contribution in [-0.2, 0) is 14.9 Å². The molecule has 190 valence electrons. The fourth-order valence-electron chi connectivity index (χ4n) is 3.14. The molecule has 3 rings (SSSR count). The third kappa shape index (κ3) is 6.65. The first-order chi connectivity index (χ1) is 17.7. The van der Waals surface area contributed by atoms with E-state index >= 15 is 0 Å². The lowest BCUT2D eigenvalue weighted by molar-refractivity contribution is -0.112. The largest absolute Gasteiger partial charge is 0.497 e. The molecule has 0 aliphatic rings. The highest BCUT2D eigenvalue weighted by Gasteiger charge is 2.20. The molecule has 0 aromatic heterocycles. The molecule has 3 aromatic carbocycles. The van der Waals surface area contributed by atoms with E-state index < -0.39 is 22.0 Å². The van der Waals surface area contributed by atoms with Crippen molar-refractivity contribution in [2.45, 2.75) is 11.8 Å². The number of carbonyl (C=O) groups is 2. The van der Waals surface area contributed by atoms with E-state index in [1.807, 2.05) is 0 Å². The number of carboxylic acids is 1. The zero-order valence-electron chi connectivity index (χ0n) is 19.8. The average molecular weight is 523 g/mol. The molecule has 0 fully saturated rings. The summed E-state index contributed by atoms with van der Waals surface area (Å²) >= 11 is 0. The first-order valence-corrected chi connectivity index (χ1v) is 12.2. The quantitative estimate of drug-likeness (QED) is 0.228. The van der Waals surface area contributed by atoms with Crippen molar-refractivity contribution in [2.24, 2.45) is 0 Å². The second-order valence-corrected chi connectivity index (χ2v) is 8.87. The molecule has 0 heterocycles. The van der Waals surface area contributed by atoms with Crippen LogP contribution < -0.4 is 19.0 Å². The molecule has 37 heavy (non-hydrogen) atoms. The number of amides is 1. The van der Waals surface area contributed by atoms with Gasteiger partial charge in [-0.15, -0.1) is 0 Å². The minimum absolute atomic E-state index is 0.0311. The van der Waals surface area contributed by atoms with Gasteiger partial charge in [0, 0.05) is 0 Å². The Balaban J connectivity index is 1.88. The van der Waals surface area contributed by atoms with E-state index in [2.05, 4.69) is 5.32 Å². The van der Waals surface area contributed by atoms with Crippen LogP contribution in [0.25, 0.3) is 6.08 Å². The maximum absolute atomic E-state index is 12.7. The van der Waals surface area contributed by atoms with Gasteiger partial charge in [-0.1, -0.05) is 18.2 Å². The van der Waals surface area contributed by atoms with Crippen LogP contribution in [0.2, 0.25) is 0 Å². The number of carboxylic acid groups (broad SMARTS) is 1. The molecule has 2 N–H and O–H groups in total. The average Bonchev–Trinajstić information content (AvgIpc) is 2.88. The van der Waals surface area contributed by atoms with Crippen molar-refractivity contribution in [2.75, 3.05) is 19.0 Å². The number of anilines is 1. The fourth-order valence-corrected chi connectivity index (χ4v) is 4.08. The molecule has 0 bridgehead atoms. The van der Waals surface area contributed by atoms with Crippen LogP contribution in [0.1, 0.15) is 22.8 Å². The molecule has 0 unspecified atom stereocenters. The van der Waals surface area contributed by atoms with Crippen molar-refractivity contribution in [1.82, 2.24) is 0 Å². The lowest BCUT2D eigenvalue weighted by Gasteiger charge is -2.13. The Kier molecular flexibility index (Phi) is 8.50. The predicted molar refractivity (Wildman–Crippen MR) is 134 cm³/mol. The highest BCUT2D eigenvalue weighted by Crippen LogP contribution is 2.32. The Morgan fingerprint density at radius 1 is 1.05 bits per heavy atom. The zero-order valence-corrected chi connectivity index (χ0v) is 20.6. The van der Waals surface area contributed by atoms with Gasteiger partial charge in [0.25, 0.3) is 5.91 Å². The smallest absolute Gasteiger partial charge is 0.339 e. The van der Waals surface area contributed by atoms with Gasteiger partial charge < -0.3 is 24.1 Å². The first-order valence-electron chi connectivity index (χ1n) is 10.8. The minimum atomic E-state index is -4.19. The second kappa shape index (κ2) is 11.7. The number of nitrogens with one attached hydrogen (secondary N) is 1. The molecule has 0 saturated carbocycles. The van der Waals surface area contributed by atoms with Crippen molar-refractivity contribution in [1.29, 1.82) is 5.26 Å². The highest BCUT2D eigenvalue weighted by molar-refractivity contribution is 7.87. The summed E-state index contributed by atoms with van der Waals surface area (Å²) in [5.41, 5.74) is -0.0759. The van der Waals surface area contributed by atoms with Crippen LogP contribution >= 0.6 is 0 Å². The van der Waals surface area contributed by atoms with Crippen LogP contribution in [0, 0.1) is 11.3 Å². The highest BCUT2D eigenvalue weighted by atomic mass is 32.2. The number of hydrogen-bond acceptors (Lipinski definition) is 8. The van der Waals surface area contributed by atoms with Crippen LogP contribution in [0.3, 0.4) is 0 Å². The molecule has 0 atom stereocenters. The molecule has 0 aliphatic carbocycles. The monoisotopic (exact) mass is 522 g/mol. The SMILES string of the molecule is CCOc1cc(/C=C(\C#N)C(=O)Nc2ccccc2C(=O)O)ccc1OS(=O)(=O)c1ccc(OC)cc1. The van der Waals surface area contributed by atoms with E-state index in [1.165, 1.54) is 73.8 Å². The van der Waals surface area contributed by atoms with Gasteiger partial charge >= 0.3 is 16.1 Å². The summed E-state index contributed by atoms with van der Waals surface area (Å²) in [6.45, 7) is 1.88. The van der Waals surface area contributed by atoms with Gasteiger partial charge in [0.1, 0.15) is 22.3 Å². The number of nitriles is 1. The number of ether oxygens (including phenoxy) is 2. The number of aromatic carboxylic acids is 1. The van der Waals surface area contributed by atoms with Crippen LogP contribution in [0.5, 0.6) is 17.2 Å². The molecule has 1 amide bonds. The Morgan fingerprint density at radius 3 is 2.38 bits per heavy atom. The normalized spacial score (nSPS) is 11.2. The van der Waals surface area contributed by atoms with Crippen LogP contribution in [0.4, 0.5) is 5.69 Å². The van der Waals surface area contributed by atoms with Gasteiger partial charge in [0.15, 0.2) is 11.5 Å². The summed E-state index contributed by atoms with van der Waals surface area (Å²) in [6.07, 6.45) is 1.25. The van der Waals surface area contributed by atoms with Crippen molar-refractivity contribution in [3.05, 3.63) is 83.4 Å². The molecule has 10 nitrogen and oxygen atoms in total. The third-order valence-electron chi connectivity index (χ3n) is 4.90. The molecule has 3 aromatic rings. The molecule has 0 saturated heterocycles. The topological polar surface area (TPSA) is 152 Å². The van der Waals surface area contributed by atoms with Gasteiger partial charge in [-0.25, -0.2) is 4.79 Å². The van der Waals surface area contributed by atoms with E-state index in [1.54, 1.807) is 19.1 Å². The van der Waals surface area contributed by atoms with Crippen LogP contribution in [-0.4, -0.2) is 39.1 Å². The minimum Gasteiger partial charge on any atom is -0.497 e. The van der Waals surface area contributed by atoms with Gasteiger partial charge in [-0.2, -0.15) is 13.7 Å². The predicted octanol–water partition coefficient (Wildman–Crippen LogP) is 4.11. The number of hydrogen-bond donors (Lipinski definition) is 2. The number of rotatable bonds is 10. The standard InChI is InChI=1S/C26H22N2O8S/c1-3-35-24-15-17(8-13-23(24)36-37(32,33)20-11-9-19(34-2)10-12-20)14-18(16-27)25(29)28-22-7-5-4-6-21(22)26(30)31/h4-15H,3H2,1-2H3,(H,28,29)(H,30,31)/b18-14+. The molecule has 0 spiro atoms. The van der Waals surface area contributed by atoms with Crippen molar-refractivity contribution in [3.8, 4) is 23.3 Å². The van der Waals surface area contributed by atoms with Crippen molar-refractivity contribution < 1.29 is 36.8 Å². The van der Waals surface area contributed by atoms with E-state index in [0.29, 0.717) is 11.3 Å². The first kappa shape index (κ1) is 26.8. The maximum Gasteiger partial charge on any atom is 0.339 e. The molecular weight excluding hydrogens is 500 g/mol. The summed E-state index contributed by atoms with van der Waals surface area (Å²) < 4.78 is 41.3. The Bertz CT molecular complexity index is 1490. The van der Waals surface area contributed by atoms with E-state index in [0.717, 1.165) is 0 Å². The molecule has 0 aliphatic heterocycles. The number of nitrogens with zero attached hydrogens (tertiary/aromatic N) is 1. The van der Waals surface area contributed by atoms with Gasteiger partial charge in [0.2, 0.25) is 0 Å². The van der Waals surface area contributed by atoms with Gasteiger partial charge in [-0.3, -0.25) is 4.79 Å². The van der Waals surface area contributed by atoms with E-state index in [9.17, 15) is 28.4 Å². The summed E-state index contributed by atoms with van der Waals surface area (Å²) in [4.78, 5) is 23.9. The summed E-state index contributed by atoms with van der Waals surface area (Å²) in [5.74, 6) is -1.60. The van der Waals surface area contributed by atoms with Crippen molar-refractivity contribution >= 4 is 33.8 Å². The fraction of sp³-hybridized carbons (Fsp3) is 0.115. The summed E-state index contributed by atoms with van der Waals surface area (Å²) in [7, 11) is -2.74.